The van der Waals surface area contributed by atoms with Crippen LogP contribution in [0.4, 0.5) is 5.69 Å². The molecule has 0 aliphatic carbocycles. The number of nitrogens with zero attached hydrogens (tertiary/aromatic N) is 1. The lowest BCUT2D eigenvalue weighted by atomic mass is 9.91. The van der Waals surface area contributed by atoms with E-state index in [9.17, 15) is 9.90 Å². The summed E-state index contributed by atoms with van der Waals surface area (Å²) in [6.45, 7) is -0.0410. The number of carbonyl (C=O) groups excluding carboxylic acids is 1. The van der Waals surface area contributed by atoms with E-state index in [2.05, 4.69) is 5.92 Å². The Labute approximate surface area is 123 Å². The third kappa shape index (κ3) is 2.85. The molecule has 1 aromatic carbocycles. The maximum atomic E-state index is 12.2. The Hall–Kier alpha value is -2.07. The van der Waals surface area contributed by atoms with E-state index in [4.69, 9.17) is 20.6 Å². The van der Waals surface area contributed by atoms with Crippen molar-refractivity contribution >= 4 is 11.6 Å². The van der Waals surface area contributed by atoms with Gasteiger partial charge in [0.15, 0.2) is 6.10 Å². The number of β-lactam (4-membered cyclic amide) rings is 1. The lowest BCUT2D eigenvalue weighted by Gasteiger charge is -2.47. The van der Waals surface area contributed by atoms with Crippen LogP contribution < -0.4 is 9.64 Å². The summed E-state index contributed by atoms with van der Waals surface area (Å²) in [5.41, 5.74) is 0.623. The molecule has 112 valence electrons. The monoisotopic (exact) mass is 291 g/mol. The number of rotatable bonds is 6. The average molecular weight is 291 g/mol. The summed E-state index contributed by atoms with van der Waals surface area (Å²) in [7, 11) is 3.01. The van der Waals surface area contributed by atoms with Gasteiger partial charge in [-0.1, -0.05) is 5.92 Å². The minimum Gasteiger partial charge on any atom is -0.497 e. The molecule has 0 aromatic heterocycles. The van der Waals surface area contributed by atoms with Crippen molar-refractivity contribution in [3.63, 3.8) is 0 Å². The average Bonchev–Trinajstić information content (AvgIpc) is 2.52. The summed E-state index contributed by atoms with van der Waals surface area (Å²) >= 11 is 0. The zero-order valence-corrected chi connectivity index (χ0v) is 11.9. The number of aliphatic hydroxyl groups excluding tert-OH is 1. The highest BCUT2D eigenvalue weighted by Crippen LogP contribution is 2.33. The Balaban J connectivity index is 2.20. The Morgan fingerprint density at radius 3 is 2.57 bits per heavy atom. The standard InChI is InChI=1S/C15H17NO5/c1-4-12(17)13-14(21-9-19-2)15(18)16(13)10-5-7-11(20-3)8-6-10/h1,5-8,12-14,17H,9H2,2-3H3/t12-,13+,14-/m1/s1. The Morgan fingerprint density at radius 2 is 2.05 bits per heavy atom. The molecule has 1 saturated heterocycles. The van der Waals surface area contributed by atoms with Gasteiger partial charge in [0.25, 0.3) is 5.91 Å². The quantitative estimate of drug-likeness (QED) is 0.466. The number of methoxy groups -OCH3 is 2. The SMILES string of the molecule is C#C[C@@H](O)[C@H]1[C@@H](OCOC)C(=O)N1c1ccc(OC)cc1. The molecule has 0 spiro atoms. The Kier molecular flexibility index (Phi) is 4.81. The molecular formula is C15H17NO5. The van der Waals surface area contributed by atoms with Crippen molar-refractivity contribution in [3.05, 3.63) is 24.3 Å². The number of benzene rings is 1. The van der Waals surface area contributed by atoms with Gasteiger partial charge in [0.2, 0.25) is 0 Å². The van der Waals surface area contributed by atoms with Crippen LogP contribution in [0.5, 0.6) is 5.75 Å². The van der Waals surface area contributed by atoms with Gasteiger partial charge in [-0.25, -0.2) is 0 Å². The first-order valence-electron chi connectivity index (χ1n) is 6.36. The fraction of sp³-hybridized carbons (Fsp3) is 0.400. The number of hydrogen-bond acceptors (Lipinski definition) is 5. The molecule has 1 N–H and O–H groups in total. The molecule has 0 bridgehead atoms. The zero-order chi connectivity index (χ0) is 15.4. The van der Waals surface area contributed by atoms with E-state index < -0.39 is 18.2 Å². The van der Waals surface area contributed by atoms with Crippen molar-refractivity contribution in [2.75, 3.05) is 25.9 Å². The van der Waals surface area contributed by atoms with Crippen molar-refractivity contribution in [1.82, 2.24) is 0 Å². The second-order valence-corrected chi connectivity index (χ2v) is 4.50. The fourth-order valence-electron chi connectivity index (χ4n) is 2.24. The highest BCUT2D eigenvalue weighted by atomic mass is 16.7. The third-order valence-corrected chi connectivity index (χ3v) is 3.30. The number of anilines is 1. The van der Waals surface area contributed by atoms with Crippen molar-refractivity contribution < 1.29 is 24.1 Å². The first kappa shape index (κ1) is 15.3. The van der Waals surface area contributed by atoms with Gasteiger partial charge in [-0.2, -0.15) is 0 Å². The fourth-order valence-corrected chi connectivity index (χ4v) is 2.24. The van der Waals surface area contributed by atoms with Gasteiger partial charge in [0, 0.05) is 12.8 Å². The molecule has 1 fully saturated rings. The molecule has 2 rings (SSSR count). The summed E-state index contributed by atoms with van der Waals surface area (Å²) in [6, 6.07) is 6.27. The van der Waals surface area contributed by atoms with Gasteiger partial charge in [-0.15, -0.1) is 6.42 Å². The summed E-state index contributed by atoms with van der Waals surface area (Å²) in [5, 5.41) is 9.92. The first-order valence-corrected chi connectivity index (χ1v) is 6.36. The van der Waals surface area contributed by atoms with E-state index in [1.165, 1.54) is 12.0 Å². The van der Waals surface area contributed by atoms with Crippen LogP contribution in [-0.4, -0.2) is 50.3 Å². The van der Waals surface area contributed by atoms with E-state index in [0.29, 0.717) is 11.4 Å². The molecule has 1 heterocycles. The van der Waals surface area contributed by atoms with Gasteiger partial charge in [0.1, 0.15) is 24.7 Å². The molecule has 1 aliphatic rings. The van der Waals surface area contributed by atoms with Gasteiger partial charge < -0.3 is 24.2 Å². The number of ether oxygens (including phenoxy) is 3. The van der Waals surface area contributed by atoms with E-state index in [1.54, 1.807) is 31.4 Å². The van der Waals surface area contributed by atoms with Crippen LogP contribution in [0.25, 0.3) is 0 Å². The van der Waals surface area contributed by atoms with Crippen molar-refractivity contribution in [3.8, 4) is 18.1 Å². The van der Waals surface area contributed by atoms with Gasteiger partial charge in [0.05, 0.1) is 7.11 Å². The van der Waals surface area contributed by atoms with Crippen LogP contribution in [0.3, 0.4) is 0 Å². The van der Waals surface area contributed by atoms with E-state index in [-0.39, 0.29) is 12.7 Å². The van der Waals surface area contributed by atoms with Crippen LogP contribution >= 0.6 is 0 Å². The molecule has 3 atom stereocenters. The van der Waals surface area contributed by atoms with Crippen LogP contribution in [0.2, 0.25) is 0 Å². The summed E-state index contributed by atoms with van der Waals surface area (Å²) < 4.78 is 15.1. The molecule has 6 nitrogen and oxygen atoms in total. The minimum atomic E-state index is -1.12. The van der Waals surface area contributed by atoms with E-state index in [1.807, 2.05) is 0 Å². The highest BCUT2D eigenvalue weighted by Gasteiger charge is 2.52. The predicted octanol–water partition coefficient (Wildman–Crippen LogP) is 0.394. The van der Waals surface area contributed by atoms with Crippen LogP contribution in [0.1, 0.15) is 0 Å². The van der Waals surface area contributed by atoms with Crippen molar-refractivity contribution in [1.29, 1.82) is 0 Å². The second-order valence-electron chi connectivity index (χ2n) is 4.50. The molecule has 1 aromatic rings. The Bertz CT molecular complexity index is 536. The molecule has 21 heavy (non-hydrogen) atoms. The number of carbonyl (C=O) groups is 1. The molecule has 0 radical (unpaired) electrons. The van der Waals surface area contributed by atoms with Gasteiger partial charge >= 0.3 is 0 Å². The molecule has 1 aliphatic heterocycles. The topological polar surface area (TPSA) is 68.2 Å². The summed E-state index contributed by atoms with van der Waals surface area (Å²) in [4.78, 5) is 13.6. The van der Waals surface area contributed by atoms with E-state index in [0.717, 1.165) is 0 Å². The summed E-state index contributed by atoms with van der Waals surface area (Å²) in [5.74, 6) is 2.64. The number of hydrogen-bond donors (Lipinski definition) is 1. The van der Waals surface area contributed by atoms with E-state index >= 15 is 0 Å². The van der Waals surface area contributed by atoms with Gasteiger partial charge in [-0.3, -0.25) is 4.79 Å². The normalized spacial score (nSPS) is 22.4. The van der Waals surface area contributed by atoms with Crippen LogP contribution in [0, 0.1) is 12.3 Å². The number of aliphatic hydroxyl groups is 1. The van der Waals surface area contributed by atoms with Gasteiger partial charge in [-0.05, 0) is 24.3 Å². The van der Waals surface area contributed by atoms with Crippen molar-refractivity contribution in [2.24, 2.45) is 0 Å². The maximum absolute atomic E-state index is 12.2. The van der Waals surface area contributed by atoms with Crippen LogP contribution in [-0.2, 0) is 14.3 Å². The number of amides is 1. The zero-order valence-electron chi connectivity index (χ0n) is 11.9. The smallest absolute Gasteiger partial charge is 0.259 e. The molecule has 0 unspecified atom stereocenters. The first-order chi connectivity index (χ1) is 10.1. The molecular weight excluding hydrogens is 274 g/mol. The minimum absolute atomic E-state index is 0.0410. The lowest BCUT2D eigenvalue weighted by Crippen LogP contribution is -2.70. The van der Waals surface area contributed by atoms with Crippen molar-refractivity contribution in [2.45, 2.75) is 18.2 Å². The maximum Gasteiger partial charge on any atom is 0.259 e. The largest absolute Gasteiger partial charge is 0.497 e. The highest BCUT2D eigenvalue weighted by molar-refractivity contribution is 6.05. The number of terminal acetylenes is 1. The predicted molar refractivity (Wildman–Crippen MR) is 75.9 cm³/mol. The Morgan fingerprint density at radius 1 is 1.38 bits per heavy atom. The lowest BCUT2D eigenvalue weighted by molar-refractivity contribution is -0.158. The third-order valence-electron chi connectivity index (χ3n) is 3.30. The molecule has 0 saturated carbocycles. The second kappa shape index (κ2) is 6.59. The molecule has 1 amide bonds. The molecule has 6 heteroatoms. The summed E-state index contributed by atoms with van der Waals surface area (Å²) in [6.07, 6.45) is 3.33. The van der Waals surface area contributed by atoms with Crippen LogP contribution in [0.15, 0.2) is 24.3 Å².